The molecule has 2 aromatic rings. The fraction of sp³-hybridized carbons (Fsp3) is 0.632. The zero-order valence-electron chi connectivity index (χ0n) is 29.1. The van der Waals surface area contributed by atoms with Gasteiger partial charge in [-0.25, -0.2) is 0 Å². The number of hydrogen-bond donors (Lipinski definition) is 2. The topological polar surface area (TPSA) is 48.8 Å². The average molecular weight is 573 g/mol. The van der Waals surface area contributed by atoms with Gasteiger partial charge in [0.1, 0.15) is 0 Å². The molecule has 4 nitrogen and oxygen atoms in total. The lowest BCUT2D eigenvalue weighted by molar-refractivity contribution is 0.626. The first kappa shape index (κ1) is 33.9. The van der Waals surface area contributed by atoms with Crippen molar-refractivity contribution in [3.63, 3.8) is 0 Å². The zero-order valence-corrected chi connectivity index (χ0v) is 29.1. The van der Waals surface area contributed by atoms with E-state index in [1.165, 1.54) is 72.4 Å². The Labute approximate surface area is 258 Å². The van der Waals surface area contributed by atoms with E-state index in [0.717, 1.165) is 37.8 Å². The summed E-state index contributed by atoms with van der Waals surface area (Å²) in [5.74, 6) is 3.96. The van der Waals surface area contributed by atoms with E-state index in [1.807, 2.05) is 14.1 Å². The molecule has 0 spiro atoms. The van der Waals surface area contributed by atoms with Crippen LogP contribution in [0.1, 0.15) is 119 Å². The summed E-state index contributed by atoms with van der Waals surface area (Å²) in [5.41, 5.74) is 18.8. The van der Waals surface area contributed by atoms with Crippen LogP contribution in [0.2, 0.25) is 0 Å². The Bertz CT molecular complexity index is 1240. The predicted molar refractivity (Wildman–Crippen MR) is 185 cm³/mol. The number of aliphatic imine (C=N–C) groups is 2. The van der Waals surface area contributed by atoms with Crippen LogP contribution in [0, 0.1) is 61.3 Å². The van der Waals surface area contributed by atoms with Crippen molar-refractivity contribution in [3.05, 3.63) is 66.8 Å². The number of benzene rings is 2. The van der Waals surface area contributed by atoms with Crippen molar-refractivity contribution in [2.75, 3.05) is 27.2 Å². The summed E-state index contributed by atoms with van der Waals surface area (Å²) in [4.78, 5) is 7.99. The average Bonchev–Trinajstić information content (AvgIpc) is 3.81. The van der Waals surface area contributed by atoms with Gasteiger partial charge in [-0.15, -0.1) is 0 Å². The molecule has 0 saturated carbocycles. The largest absolute Gasteiger partial charge is 0.374 e. The molecule has 2 aliphatic heterocycles. The minimum Gasteiger partial charge on any atom is -0.374 e. The molecule has 1 atom stereocenters. The van der Waals surface area contributed by atoms with Crippen LogP contribution in [0.3, 0.4) is 0 Å². The van der Waals surface area contributed by atoms with Gasteiger partial charge >= 0.3 is 0 Å². The van der Waals surface area contributed by atoms with E-state index in [1.54, 1.807) is 44.5 Å². The van der Waals surface area contributed by atoms with Crippen molar-refractivity contribution in [1.82, 2.24) is 10.6 Å². The van der Waals surface area contributed by atoms with Gasteiger partial charge in [-0.2, -0.15) is 0 Å². The van der Waals surface area contributed by atoms with Gasteiger partial charge in [-0.05, 0) is 173 Å². The molecule has 232 valence electrons. The monoisotopic (exact) mass is 572 g/mol. The molecule has 0 radical (unpaired) electrons. The highest BCUT2D eigenvalue weighted by molar-refractivity contribution is 5.84. The highest BCUT2D eigenvalue weighted by atomic mass is 15.0. The second-order valence-corrected chi connectivity index (χ2v) is 13.2. The third kappa shape index (κ3) is 7.66. The molecule has 2 aromatic carbocycles. The second-order valence-electron chi connectivity index (χ2n) is 13.2. The quantitative estimate of drug-likeness (QED) is 0.333. The summed E-state index contributed by atoms with van der Waals surface area (Å²) in [6.45, 7) is 25.2. The number of amidine groups is 2. The van der Waals surface area contributed by atoms with Crippen molar-refractivity contribution < 1.29 is 0 Å². The highest BCUT2D eigenvalue weighted by Gasteiger charge is 2.25. The van der Waals surface area contributed by atoms with E-state index in [9.17, 15) is 0 Å². The molecule has 0 bridgehead atoms. The van der Waals surface area contributed by atoms with Crippen LogP contribution >= 0.6 is 0 Å². The number of nitrogens with one attached hydrogen (secondary N) is 2. The van der Waals surface area contributed by atoms with Gasteiger partial charge in [-0.3, -0.25) is 9.98 Å². The minimum atomic E-state index is 0.781. The molecule has 1 unspecified atom stereocenters. The van der Waals surface area contributed by atoms with E-state index in [4.69, 9.17) is 0 Å². The Hall–Kier alpha value is -2.62. The highest BCUT2D eigenvalue weighted by Crippen LogP contribution is 2.40. The molecule has 2 saturated heterocycles. The van der Waals surface area contributed by atoms with E-state index < -0.39 is 0 Å². The van der Waals surface area contributed by atoms with Crippen LogP contribution in [0.15, 0.2) is 9.98 Å². The maximum absolute atomic E-state index is 3.99. The second kappa shape index (κ2) is 15.2. The Kier molecular flexibility index (Phi) is 12.3. The zero-order chi connectivity index (χ0) is 31.1. The predicted octanol–water partition coefficient (Wildman–Crippen LogP) is 8.42. The van der Waals surface area contributed by atoms with E-state index in [-0.39, 0.29) is 0 Å². The smallest absolute Gasteiger partial charge is 0.0960 e. The van der Waals surface area contributed by atoms with Crippen molar-refractivity contribution in [2.24, 2.45) is 15.9 Å². The first-order valence-corrected chi connectivity index (χ1v) is 16.5. The van der Waals surface area contributed by atoms with Crippen LogP contribution in [-0.2, 0) is 19.3 Å². The minimum absolute atomic E-state index is 0.781. The first-order valence-electron chi connectivity index (χ1n) is 16.5. The summed E-state index contributed by atoms with van der Waals surface area (Å²) in [7, 11) is 3.65. The lowest BCUT2D eigenvalue weighted by Gasteiger charge is -2.17. The molecule has 2 heterocycles. The van der Waals surface area contributed by atoms with Gasteiger partial charge < -0.3 is 10.6 Å². The number of rotatable bonds is 0. The summed E-state index contributed by atoms with van der Waals surface area (Å²) >= 11 is 0. The van der Waals surface area contributed by atoms with Crippen LogP contribution in [0.4, 0.5) is 0 Å². The summed E-state index contributed by atoms with van der Waals surface area (Å²) < 4.78 is 0. The molecule has 0 aromatic heterocycles. The molecular weight excluding hydrogens is 512 g/mol. The van der Waals surface area contributed by atoms with Gasteiger partial charge in [0.25, 0.3) is 0 Å². The van der Waals surface area contributed by atoms with Crippen molar-refractivity contribution in [2.45, 2.75) is 127 Å². The fourth-order valence-corrected chi connectivity index (χ4v) is 7.24. The molecule has 42 heavy (non-hydrogen) atoms. The number of fused-ring (bicyclic) bond motifs is 2. The summed E-state index contributed by atoms with van der Waals surface area (Å²) in [5, 5.41) is 6.31. The van der Waals surface area contributed by atoms with Crippen LogP contribution < -0.4 is 10.6 Å². The SMILES string of the molecule is CN=C1CCCN1.CN=C1CCCN1.Cc1c(C)c(C)c2c(c1C)CC(C)C2.Cc1c(C)c(C)c2c(c1C)CCC2C. The molecule has 4 aliphatic rings. The van der Waals surface area contributed by atoms with Crippen molar-refractivity contribution in [3.8, 4) is 0 Å². The van der Waals surface area contributed by atoms with E-state index in [2.05, 4.69) is 89.9 Å². The first-order chi connectivity index (χ1) is 19.9. The van der Waals surface area contributed by atoms with E-state index >= 15 is 0 Å². The number of hydrogen-bond acceptors (Lipinski definition) is 2. The molecule has 6 rings (SSSR count). The fourth-order valence-electron chi connectivity index (χ4n) is 7.24. The van der Waals surface area contributed by atoms with Gasteiger partial charge in [0.05, 0.1) is 11.7 Å². The van der Waals surface area contributed by atoms with Crippen molar-refractivity contribution >= 4 is 11.7 Å². The Balaban J connectivity index is 0.000000162. The van der Waals surface area contributed by atoms with Crippen LogP contribution in [-0.4, -0.2) is 38.9 Å². The van der Waals surface area contributed by atoms with Gasteiger partial charge in [0.15, 0.2) is 0 Å². The lowest BCUT2D eigenvalue weighted by Crippen LogP contribution is -2.13. The Morgan fingerprint density at radius 3 is 1.29 bits per heavy atom. The van der Waals surface area contributed by atoms with Crippen molar-refractivity contribution in [1.29, 1.82) is 0 Å². The molecule has 2 N–H and O–H groups in total. The summed E-state index contributed by atoms with van der Waals surface area (Å²) in [6, 6.07) is 0. The van der Waals surface area contributed by atoms with Gasteiger partial charge in [0.2, 0.25) is 0 Å². The maximum atomic E-state index is 3.99. The van der Waals surface area contributed by atoms with E-state index in [0.29, 0.717) is 0 Å². The summed E-state index contributed by atoms with van der Waals surface area (Å²) in [6.07, 6.45) is 10.0. The lowest BCUT2D eigenvalue weighted by atomic mass is 9.88. The molecule has 2 fully saturated rings. The molecule has 2 aliphatic carbocycles. The van der Waals surface area contributed by atoms with Crippen LogP contribution in [0.25, 0.3) is 0 Å². The van der Waals surface area contributed by atoms with Crippen LogP contribution in [0.5, 0.6) is 0 Å². The standard InChI is InChI=1S/2C14H20.2C5H10N2/c1-8-6-13-11(4)9(2)10(3)12(5)14(13)7-8;1-8-6-7-13-11(4)9(2)10(3)12(5)14(8)13;2*1-6-5-3-2-4-7-5/h2*8H,6-7H2,1-5H3;2*2-4H2,1H3,(H,6,7). The number of nitrogens with zero attached hydrogens (tertiary/aromatic N) is 2. The Morgan fingerprint density at radius 2 is 0.929 bits per heavy atom. The molecule has 0 amide bonds. The molecular formula is C38H60N4. The third-order valence-electron chi connectivity index (χ3n) is 10.6. The normalized spacial score (nSPS) is 20.5. The molecule has 4 heteroatoms. The van der Waals surface area contributed by atoms with Gasteiger partial charge in [-0.1, -0.05) is 13.8 Å². The van der Waals surface area contributed by atoms with Gasteiger partial charge in [0, 0.05) is 40.0 Å². The maximum Gasteiger partial charge on any atom is 0.0960 e. The third-order valence-corrected chi connectivity index (χ3v) is 10.6. The Morgan fingerprint density at radius 1 is 0.524 bits per heavy atom.